The Kier molecular flexibility index (Phi) is 6.61. The fraction of sp³-hybridized carbons (Fsp3) is 0.250. The van der Waals surface area contributed by atoms with E-state index in [1.807, 2.05) is 0 Å². The number of amides is 1. The van der Waals surface area contributed by atoms with Crippen LogP contribution in [0.15, 0.2) is 52.1 Å². The number of nitrogens with one attached hydrogen (secondary N) is 1. The van der Waals surface area contributed by atoms with Crippen LogP contribution in [0.3, 0.4) is 0 Å². The van der Waals surface area contributed by atoms with Gasteiger partial charge in [-0.25, -0.2) is 0 Å². The standard InChI is InChI=1S/C20H21N3O5S/c1-12(18(24)21-14-6-5-7-15(10-14)25-2)29-20-23-22-19(28-20)13-8-16(26-3)11-17(9-13)27-4/h5-12H,1-4H3,(H,21,24)/t12-/m0/s1. The molecule has 0 unspecified atom stereocenters. The zero-order valence-electron chi connectivity index (χ0n) is 16.5. The molecule has 1 amide bonds. The molecule has 0 aliphatic carbocycles. The second kappa shape index (κ2) is 9.33. The summed E-state index contributed by atoms with van der Waals surface area (Å²) in [5, 5.41) is 10.8. The van der Waals surface area contributed by atoms with E-state index < -0.39 is 5.25 Å². The third kappa shape index (κ3) is 5.20. The van der Waals surface area contributed by atoms with Crippen molar-refractivity contribution in [3.8, 4) is 28.7 Å². The molecule has 0 spiro atoms. The van der Waals surface area contributed by atoms with E-state index in [9.17, 15) is 4.79 Å². The first-order chi connectivity index (χ1) is 14.0. The molecule has 0 aliphatic heterocycles. The van der Waals surface area contributed by atoms with E-state index in [0.29, 0.717) is 34.4 Å². The molecule has 1 N–H and O–H groups in total. The predicted molar refractivity (Wildman–Crippen MR) is 110 cm³/mol. The molecule has 9 heteroatoms. The summed E-state index contributed by atoms with van der Waals surface area (Å²) in [5.74, 6) is 2.00. The van der Waals surface area contributed by atoms with Gasteiger partial charge in [-0.05, 0) is 31.2 Å². The molecule has 152 valence electrons. The first-order valence-corrected chi connectivity index (χ1v) is 9.59. The highest BCUT2D eigenvalue weighted by Crippen LogP contribution is 2.31. The highest BCUT2D eigenvalue weighted by Gasteiger charge is 2.19. The van der Waals surface area contributed by atoms with E-state index >= 15 is 0 Å². The van der Waals surface area contributed by atoms with E-state index in [1.54, 1.807) is 70.7 Å². The van der Waals surface area contributed by atoms with Crippen LogP contribution >= 0.6 is 11.8 Å². The van der Waals surface area contributed by atoms with E-state index in [4.69, 9.17) is 18.6 Å². The summed E-state index contributed by atoms with van der Waals surface area (Å²) >= 11 is 1.17. The summed E-state index contributed by atoms with van der Waals surface area (Å²) in [6, 6.07) is 12.4. The molecule has 0 saturated heterocycles. The van der Waals surface area contributed by atoms with Crippen molar-refractivity contribution in [2.24, 2.45) is 0 Å². The smallest absolute Gasteiger partial charge is 0.277 e. The Balaban J connectivity index is 1.68. The molecule has 2 aromatic carbocycles. The van der Waals surface area contributed by atoms with Gasteiger partial charge >= 0.3 is 0 Å². The van der Waals surface area contributed by atoms with Gasteiger partial charge in [-0.15, -0.1) is 10.2 Å². The Morgan fingerprint density at radius 2 is 1.69 bits per heavy atom. The van der Waals surface area contributed by atoms with Crippen molar-refractivity contribution < 1.29 is 23.4 Å². The highest BCUT2D eigenvalue weighted by molar-refractivity contribution is 8.00. The van der Waals surface area contributed by atoms with E-state index in [2.05, 4.69) is 15.5 Å². The lowest BCUT2D eigenvalue weighted by atomic mass is 10.2. The molecular weight excluding hydrogens is 394 g/mol. The Morgan fingerprint density at radius 1 is 1.00 bits per heavy atom. The quantitative estimate of drug-likeness (QED) is 0.554. The number of carbonyl (C=O) groups excluding carboxylic acids is 1. The number of hydrogen-bond donors (Lipinski definition) is 1. The first kappa shape index (κ1) is 20.5. The summed E-state index contributed by atoms with van der Waals surface area (Å²) < 4.78 is 21.4. The fourth-order valence-corrected chi connectivity index (χ4v) is 3.14. The van der Waals surface area contributed by atoms with Crippen LogP contribution in [0.25, 0.3) is 11.5 Å². The Bertz CT molecular complexity index is 970. The number of ether oxygens (including phenoxy) is 3. The average Bonchev–Trinajstić information content (AvgIpc) is 3.21. The van der Waals surface area contributed by atoms with Crippen LogP contribution in [-0.4, -0.2) is 42.7 Å². The molecule has 8 nitrogen and oxygen atoms in total. The third-order valence-electron chi connectivity index (χ3n) is 3.99. The lowest BCUT2D eigenvalue weighted by Crippen LogP contribution is -2.22. The first-order valence-electron chi connectivity index (χ1n) is 8.71. The van der Waals surface area contributed by atoms with E-state index in [1.165, 1.54) is 11.8 Å². The van der Waals surface area contributed by atoms with Gasteiger partial charge in [0.25, 0.3) is 5.22 Å². The zero-order chi connectivity index (χ0) is 20.8. The van der Waals surface area contributed by atoms with Gasteiger partial charge in [-0.2, -0.15) is 0 Å². The van der Waals surface area contributed by atoms with Gasteiger partial charge in [-0.3, -0.25) is 4.79 Å². The molecule has 1 atom stereocenters. The number of rotatable bonds is 8. The number of benzene rings is 2. The predicted octanol–water partition coefficient (Wildman–Crippen LogP) is 3.88. The Labute approximate surface area is 172 Å². The lowest BCUT2D eigenvalue weighted by Gasteiger charge is -2.10. The molecule has 0 radical (unpaired) electrons. The number of nitrogens with zero attached hydrogens (tertiary/aromatic N) is 2. The van der Waals surface area contributed by atoms with Crippen LogP contribution < -0.4 is 19.5 Å². The van der Waals surface area contributed by atoms with Gasteiger partial charge in [0.05, 0.1) is 26.6 Å². The van der Waals surface area contributed by atoms with Crippen LogP contribution in [-0.2, 0) is 4.79 Å². The minimum Gasteiger partial charge on any atom is -0.497 e. The zero-order valence-corrected chi connectivity index (χ0v) is 17.3. The van der Waals surface area contributed by atoms with Gasteiger partial charge in [0.15, 0.2) is 0 Å². The largest absolute Gasteiger partial charge is 0.497 e. The molecule has 1 aromatic heterocycles. The molecule has 3 aromatic rings. The fourth-order valence-electron chi connectivity index (χ4n) is 2.45. The number of thioether (sulfide) groups is 1. The van der Waals surface area contributed by atoms with Gasteiger partial charge in [0.1, 0.15) is 17.2 Å². The van der Waals surface area contributed by atoms with E-state index in [-0.39, 0.29) is 11.1 Å². The molecule has 1 heterocycles. The van der Waals surface area contributed by atoms with Gasteiger partial charge in [0, 0.05) is 23.4 Å². The molecule has 0 bridgehead atoms. The van der Waals surface area contributed by atoms with Crippen LogP contribution in [0.2, 0.25) is 0 Å². The lowest BCUT2D eigenvalue weighted by molar-refractivity contribution is -0.115. The number of hydrogen-bond acceptors (Lipinski definition) is 8. The van der Waals surface area contributed by atoms with Crippen LogP contribution in [0.1, 0.15) is 6.92 Å². The number of anilines is 1. The second-order valence-electron chi connectivity index (χ2n) is 5.96. The maximum absolute atomic E-state index is 12.5. The van der Waals surface area contributed by atoms with E-state index in [0.717, 1.165) is 0 Å². The topological polar surface area (TPSA) is 95.7 Å². The van der Waals surface area contributed by atoms with Crippen molar-refractivity contribution in [1.29, 1.82) is 0 Å². The summed E-state index contributed by atoms with van der Waals surface area (Å²) in [5.41, 5.74) is 1.31. The van der Waals surface area contributed by atoms with Crippen molar-refractivity contribution in [1.82, 2.24) is 10.2 Å². The maximum atomic E-state index is 12.5. The van der Waals surface area contributed by atoms with Gasteiger partial charge < -0.3 is 23.9 Å². The van der Waals surface area contributed by atoms with Gasteiger partial charge in [-0.1, -0.05) is 17.8 Å². The molecule has 0 aliphatic rings. The average molecular weight is 415 g/mol. The second-order valence-corrected chi connectivity index (χ2v) is 7.25. The number of carbonyl (C=O) groups is 1. The van der Waals surface area contributed by atoms with Crippen molar-refractivity contribution >= 4 is 23.4 Å². The Morgan fingerprint density at radius 3 is 2.34 bits per heavy atom. The highest BCUT2D eigenvalue weighted by atomic mass is 32.2. The van der Waals surface area contributed by atoms with Crippen LogP contribution in [0, 0.1) is 0 Å². The minimum absolute atomic E-state index is 0.189. The minimum atomic E-state index is -0.450. The monoisotopic (exact) mass is 415 g/mol. The molecule has 0 fully saturated rings. The summed E-state index contributed by atoms with van der Waals surface area (Å²) in [4.78, 5) is 12.5. The molecule has 3 rings (SSSR count). The van der Waals surface area contributed by atoms with Crippen molar-refractivity contribution in [3.63, 3.8) is 0 Å². The van der Waals surface area contributed by atoms with Gasteiger partial charge in [0.2, 0.25) is 11.8 Å². The van der Waals surface area contributed by atoms with Crippen LogP contribution in [0.4, 0.5) is 5.69 Å². The number of aromatic nitrogens is 2. The van der Waals surface area contributed by atoms with Crippen molar-refractivity contribution in [2.75, 3.05) is 26.6 Å². The summed E-state index contributed by atoms with van der Waals surface area (Å²) in [6.07, 6.45) is 0. The van der Waals surface area contributed by atoms with Crippen molar-refractivity contribution in [3.05, 3.63) is 42.5 Å². The number of methoxy groups -OCH3 is 3. The van der Waals surface area contributed by atoms with Crippen LogP contribution in [0.5, 0.6) is 17.2 Å². The molecule has 0 saturated carbocycles. The Hall–Kier alpha value is -3.20. The third-order valence-corrected chi connectivity index (χ3v) is 4.92. The van der Waals surface area contributed by atoms with Crippen molar-refractivity contribution in [2.45, 2.75) is 17.4 Å². The summed E-state index contributed by atoms with van der Waals surface area (Å²) in [6.45, 7) is 1.76. The summed E-state index contributed by atoms with van der Waals surface area (Å²) in [7, 11) is 4.71. The normalized spacial score (nSPS) is 11.6. The maximum Gasteiger partial charge on any atom is 0.277 e. The SMILES string of the molecule is COc1cccc(NC(=O)[C@H](C)Sc2nnc(-c3cc(OC)cc(OC)c3)o2)c1. The molecule has 29 heavy (non-hydrogen) atoms. The molecular formula is C20H21N3O5S.